The summed E-state index contributed by atoms with van der Waals surface area (Å²) in [5.74, 6) is 2.16. The SMILES string of the molecule is CCN(C)c1ccc2c(c1)Oc1c3c4c(cc1=C2C)CCCC=4CCC3. The van der Waals surface area contributed by atoms with Gasteiger partial charge >= 0.3 is 0 Å². The van der Waals surface area contributed by atoms with Crippen molar-refractivity contribution < 1.29 is 4.74 Å². The third kappa shape index (κ3) is 2.24. The van der Waals surface area contributed by atoms with Gasteiger partial charge in [-0.3, -0.25) is 0 Å². The van der Waals surface area contributed by atoms with Crippen molar-refractivity contribution in [2.24, 2.45) is 0 Å². The number of hydrogen-bond donors (Lipinski definition) is 0. The lowest BCUT2D eigenvalue weighted by molar-refractivity contribution is 0.461. The van der Waals surface area contributed by atoms with Crippen molar-refractivity contribution in [2.75, 3.05) is 18.5 Å². The predicted molar refractivity (Wildman–Crippen MR) is 109 cm³/mol. The van der Waals surface area contributed by atoms with Crippen LogP contribution in [-0.4, -0.2) is 13.6 Å². The van der Waals surface area contributed by atoms with Gasteiger partial charge in [0.1, 0.15) is 11.5 Å². The number of ether oxygens (including phenoxy) is 1. The molecule has 0 spiro atoms. The highest BCUT2D eigenvalue weighted by Crippen LogP contribution is 2.38. The molecule has 26 heavy (non-hydrogen) atoms. The maximum absolute atomic E-state index is 6.59. The lowest BCUT2D eigenvalue weighted by Gasteiger charge is -2.29. The van der Waals surface area contributed by atoms with E-state index < -0.39 is 0 Å². The Labute approximate surface area is 155 Å². The first-order valence-corrected chi connectivity index (χ1v) is 10.1. The first kappa shape index (κ1) is 16.0. The molecule has 134 valence electrons. The van der Waals surface area contributed by atoms with E-state index in [2.05, 4.69) is 50.1 Å². The maximum atomic E-state index is 6.59. The van der Waals surface area contributed by atoms with E-state index in [1.54, 1.807) is 16.4 Å². The van der Waals surface area contributed by atoms with Gasteiger partial charge in [-0.25, -0.2) is 0 Å². The highest BCUT2D eigenvalue weighted by atomic mass is 16.5. The molecule has 0 bridgehead atoms. The van der Waals surface area contributed by atoms with Gasteiger partial charge in [0.25, 0.3) is 0 Å². The third-order valence-electron chi connectivity index (χ3n) is 6.54. The first-order chi connectivity index (χ1) is 12.7. The van der Waals surface area contributed by atoms with E-state index in [4.69, 9.17) is 4.74 Å². The molecule has 0 saturated heterocycles. The molecule has 2 aromatic carbocycles. The van der Waals surface area contributed by atoms with Gasteiger partial charge in [0.15, 0.2) is 0 Å². The van der Waals surface area contributed by atoms with Crippen molar-refractivity contribution in [3.05, 3.63) is 51.4 Å². The van der Waals surface area contributed by atoms with E-state index in [0.29, 0.717) is 0 Å². The Morgan fingerprint density at radius 1 is 1.04 bits per heavy atom. The van der Waals surface area contributed by atoms with E-state index in [9.17, 15) is 0 Å². The van der Waals surface area contributed by atoms with Crippen LogP contribution in [0.15, 0.2) is 24.3 Å². The Kier molecular flexibility index (Phi) is 3.63. The van der Waals surface area contributed by atoms with E-state index in [1.807, 2.05) is 0 Å². The molecule has 0 saturated carbocycles. The van der Waals surface area contributed by atoms with Gasteiger partial charge in [0.2, 0.25) is 0 Å². The Morgan fingerprint density at radius 2 is 1.85 bits per heavy atom. The van der Waals surface area contributed by atoms with Crippen LogP contribution in [0.2, 0.25) is 0 Å². The van der Waals surface area contributed by atoms with E-state index in [-0.39, 0.29) is 0 Å². The quantitative estimate of drug-likeness (QED) is 0.805. The van der Waals surface area contributed by atoms with Crippen molar-refractivity contribution >= 4 is 16.8 Å². The summed E-state index contributed by atoms with van der Waals surface area (Å²) in [6.45, 7) is 5.44. The fourth-order valence-electron chi connectivity index (χ4n) is 4.98. The van der Waals surface area contributed by atoms with Gasteiger partial charge in [-0.15, -0.1) is 0 Å². The average Bonchev–Trinajstić information content (AvgIpc) is 2.68. The minimum Gasteiger partial charge on any atom is -0.456 e. The van der Waals surface area contributed by atoms with Gasteiger partial charge in [-0.2, -0.15) is 0 Å². The van der Waals surface area contributed by atoms with Crippen molar-refractivity contribution in [1.29, 1.82) is 0 Å². The lowest BCUT2D eigenvalue weighted by atomic mass is 9.81. The highest BCUT2D eigenvalue weighted by molar-refractivity contribution is 5.77. The largest absolute Gasteiger partial charge is 0.456 e. The molecule has 1 heterocycles. The zero-order chi connectivity index (χ0) is 17.8. The standard InChI is InChI=1S/C24H27NO/c1-4-25(3)18-11-12-19-15(2)21-13-17-9-5-7-16-8-6-10-20(23(16)17)24(21)26-22(19)14-18/h11-14H,4-10H2,1-3H3. The minimum absolute atomic E-state index is 0.995. The van der Waals surface area contributed by atoms with Crippen LogP contribution in [-0.2, 0) is 12.8 Å². The highest BCUT2D eigenvalue weighted by Gasteiger charge is 2.25. The molecule has 2 aliphatic carbocycles. The molecule has 0 N–H and O–H groups in total. The second-order valence-corrected chi connectivity index (χ2v) is 8.00. The second kappa shape index (κ2) is 5.90. The average molecular weight is 345 g/mol. The number of nitrogens with zero attached hydrogens (tertiary/aromatic N) is 1. The van der Waals surface area contributed by atoms with Crippen molar-refractivity contribution in [3.8, 4) is 11.5 Å². The van der Waals surface area contributed by atoms with Gasteiger partial charge in [-0.1, -0.05) is 5.57 Å². The van der Waals surface area contributed by atoms with Crippen LogP contribution in [0.1, 0.15) is 56.2 Å². The van der Waals surface area contributed by atoms with Crippen LogP contribution >= 0.6 is 0 Å². The van der Waals surface area contributed by atoms with E-state index in [1.165, 1.54) is 59.7 Å². The Bertz CT molecular complexity index is 1030. The maximum Gasteiger partial charge on any atom is 0.138 e. The molecule has 2 heteroatoms. The topological polar surface area (TPSA) is 12.5 Å². The molecule has 2 nitrogen and oxygen atoms in total. The normalized spacial score (nSPS) is 17.2. The number of anilines is 1. The summed E-state index contributed by atoms with van der Waals surface area (Å²) in [6.07, 6.45) is 7.52. The molecule has 2 aromatic rings. The number of benzene rings is 2. The zero-order valence-electron chi connectivity index (χ0n) is 16.1. The smallest absolute Gasteiger partial charge is 0.138 e. The molecule has 0 fully saturated rings. The monoisotopic (exact) mass is 345 g/mol. The summed E-state index contributed by atoms with van der Waals surface area (Å²) in [6, 6.07) is 9.10. The molecular formula is C24H27NO. The Morgan fingerprint density at radius 3 is 2.65 bits per heavy atom. The van der Waals surface area contributed by atoms with Gasteiger partial charge in [0.05, 0.1) is 0 Å². The molecule has 1 aliphatic heterocycles. The number of fused-ring (bicyclic) bond motifs is 3. The summed E-state index contributed by atoms with van der Waals surface area (Å²) in [5, 5.41) is 2.89. The van der Waals surface area contributed by atoms with Crippen LogP contribution in [0.3, 0.4) is 0 Å². The summed E-state index contributed by atoms with van der Waals surface area (Å²) < 4.78 is 6.59. The predicted octanol–water partition coefficient (Wildman–Crippen LogP) is 4.29. The Balaban J connectivity index is 1.78. The van der Waals surface area contributed by atoms with Crippen LogP contribution in [0.5, 0.6) is 11.5 Å². The van der Waals surface area contributed by atoms with Crippen LogP contribution < -0.4 is 20.1 Å². The molecule has 0 amide bonds. The van der Waals surface area contributed by atoms with E-state index >= 15 is 0 Å². The third-order valence-corrected chi connectivity index (χ3v) is 6.54. The molecule has 0 atom stereocenters. The van der Waals surface area contributed by atoms with Crippen molar-refractivity contribution in [3.63, 3.8) is 0 Å². The molecular weight excluding hydrogens is 318 g/mol. The zero-order valence-corrected chi connectivity index (χ0v) is 16.1. The van der Waals surface area contributed by atoms with Gasteiger partial charge in [0, 0.05) is 41.7 Å². The second-order valence-electron chi connectivity index (χ2n) is 8.00. The molecule has 0 aromatic heterocycles. The minimum atomic E-state index is 0.995. The van der Waals surface area contributed by atoms with E-state index in [0.717, 1.165) is 24.5 Å². The van der Waals surface area contributed by atoms with Crippen molar-refractivity contribution in [1.82, 2.24) is 0 Å². The number of aryl methyl sites for hydroxylation is 1. The van der Waals surface area contributed by atoms with Crippen LogP contribution in [0.25, 0.3) is 11.1 Å². The van der Waals surface area contributed by atoms with Crippen LogP contribution in [0.4, 0.5) is 5.69 Å². The lowest BCUT2D eigenvalue weighted by Crippen LogP contribution is -2.32. The van der Waals surface area contributed by atoms with Crippen LogP contribution in [0, 0.1) is 0 Å². The molecule has 0 unspecified atom stereocenters. The molecule has 0 radical (unpaired) electrons. The molecule has 3 aliphatic rings. The summed E-state index contributed by atoms with van der Waals surface area (Å²) in [4.78, 5) is 2.26. The Hall–Kier alpha value is -2.22. The fraction of sp³-hybridized carbons (Fsp3) is 0.417. The molecule has 5 rings (SSSR count). The fourth-order valence-corrected chi connectivity index (χ4v) is 4.98. The number of hydrogen-bond acceptors (Lipinski definition) is 2. The summed E-state index contributed by atoms with van der Waals surface area (Å²) in [5.41, 5.74) is 8.56. The summed E-state index contributed by atoms with van der Waals surface area (Å²) >= 11 is 0. The van der Waals surface area contributed by atoms with Crippen molar-refractivity contribution in [2.45, 2.75) is 52.4 Å². The summed E-state index contributed by atoms with van der Waals surface area (Å²) in [7, 11) is 2.14. The first-order valence-electron chi connectivity index (χ1n) is 10.1. The van der Waals surface area contributed by atoms with Gasteiger partial charge in [-0.05, 0) is 86.9 Å². The number of rotatable bonds is 2. The van der Waals surface area contributed by atoms with Gasteiger partial charge < -0.3 is 9.64 Å².